The number of thioether (sulfide) groups is 1. The van der Waals surface area contributed by atoms with Crippen LogP contribution in [0.25, 0.3) is 10.8 Å². The molecule has 2 aliphatic rings. The van der Waals surface area contributed by atoms with Crippen molar-refractivity contribution in [2.75, 3.05) is 18.8 Å². The molecule has 1 fully saturated rings. The Morgan fingerprint density at radius 2 is 1.74 bits per heavy atom. The van der Waals surface area contributed by atoms with Gasteiger partial charge in [-0.3, -0.25) is 9.59 Å². The highest BCUT2D eigenvalue weighted by atomic mass is 32.2. The number of piperidine rings is 1. The van der Waals surface area contributed by atoms with Gasteiger partial charge < -0.3 is 10.2 Å². The maximum absolute atomic E-state index is 13.3. The van der Waals surface area contributed by atoms with Gasteiger partial charge in [-0.05, 0) is 47.7 Å². The average Bonchev–Trinajstić information content (AvgIpc) is 2.83. The van der Waals surface area contributed by atoms with Crippen LogP contribution >= 0.6 is 11.8 Å². The lowest BCUT2D eigenvalue weighted by molar-refractivity contribution is -0.127. The van der Waals surface area contributed by atoms with Crippen molar-refractivity contribution in [2.45, 2.75) is 30.2 Å². The first-order chi connectivity index (χ1) is 15.2. The second-order valence-electron chi connectivity index (χ2n) is 8.35. The first kappa shape index (κ1) is 20.1. The lowest BCUT2D eigenvalue weighted by atomic mass is 9.94. The van der Waals surface area contributed by atoms with E-state index in [-0.39, 0.29) is 23.8 Å². The minimum Gasteiger partial charge on any atom is -0.349 e. The van der Waals surface area contributed by atoms with Gasteiger partial charge >= 0.3 is 0 Å². The summed E-state index contributed by atoms with van der Waals surface area (Å²) in [4.78, 5) is 29.6. The van der Waals surface area contributed by atoms with Crippen molar-refractivity contribution in [3.63, 3.8) is 0 Å². The summed E-state index contributed by atoms with van der Waals surface area (Å²) in [6.07, 6.45) is 2.62. The number of carbonyl (C=O) groups excluding carboxylic acids is 2. The molecule has 1 N–H and O–H groups in total. The van der Waals surface area contributed by atoms with E-state index in [4.69, 9.17) is 0 Å². The average molecular weight is 431 g/mol. The molecule has 0 saturated carbocycles. The minimum atomic E-state index is -0.158. The molecule has 5 heteroatoms. The lowest BCUT2D eigenvalue weighted by Crippen LogP contribution is -2.46. The fraction of sp³-hybridized carbons (Fsp3) is 0.308. The molecule has 4 nitrogen and oxygen atoms in total. The quantitative estimate of drug-likeness (QED) is 0.633. The molecule has 2 aliphatic heterocycles. The Morgan fingerprint density at radius 3 is 2.68 bits per heavy atom. The predicted molar refractivity (Wildman–Crippen MR) is 125 cm³/mol. The zero-order chi connectivity index (χ0) is 21.2. The normalized spacial score (nSPS) is 20.8. The third-order valence-corrected chi connectivity index (χ3v) is 7.50. The van der Waals surface area contributed by atoms with Crippen LogP contribution in [-0.4, -0.2) is 35.6 Å². The molecule has 2 heterocycles. The molecule has 0 aromatic heterocycles. The van der Waals surface area contributed by atoms with Crippen LogP contribution in [0.15, 0.2) is 71.6 Å². The summed E-state index contributed by atoms with van der Waals surface area (Å²) in [6.45, 7) is 1.19. The van der Waals surface area contributed by atoms with Gasteiger partial charge in [-0.15, -0.1) is 11.8 Å². The molecule has 0 radical (unpaired) electrons. The summed E-state index contributed by atoms with van der Waals surface area (Å²) in [5.74, 6) is 0.948. The van der Waals surface area contributed by atoms with E-state index in [0.717, 1.165) is 41.4 Å². The summed E-state index contributed by atoms with van der Waals surface area (Å²) >= 11 is 1.85. The number of nitrogens with one attached hydrogen (secondary N) is 1. The van der Waals surface area contributed by atoms with Crippen LogP contribution in [0.5, 0.6) is 0 Å². The van der Waals surface area contributed by atoms with E-state index in [2.05, 4.69) is 17.4 Å². The van der Waals surface area contributed by atoms with Crippen molar-refractivity contribution in [3.8, 4) is 0 Å². The molecule has 0 bridgehead atoms. The van der Waals surface area contributed by atoms with Gasteiger partial charge in [0.25, 0.3) is 5.91 Å². The fourth-order valence-corrected chi connectivity index (χ4v) is 5.86. The van der Waals surface area contributed by atoms with Crippen molar-refractivity contribution in [3.05, 3.63) is 77.9 Å². The molecule has 2 amide bonds. The summed E-state index contributed by atoms with van der Waals surface area (Å²) in [6, 6.07) is 22.2. The molecular formula is C26H26N2O2S. The van der Waals surface area contributed by atoms with E-state index in [9.17, 15) is 9.59 Å². The van der Waals surface area contributed by atoms with Gasteiger partial charge in [0.2, 0.25) is 5.91 Å². The van der Waals surface area contributed by atoms with Gasteiger partial charge in [0.15, 0.2) is 0 Å². The Bertz CT molecular complexity index is 1120. The van der Waals surface area contributed by atoms with Crippen molar-refractivity contribution in [1.29, 1.82) is 0 Å². The molecular weight excluding hydrogens is 404 g/mol. The summed E-state index contributed by atoms with van der Waals surface area (Å²) in [5, 5.41) is 5.32. The van der Waals surface area contributed by atoms with Crippen LogP contribution in [0.1, 0.15) is 41.2 Å². The van der Waals surface area contributed by atoms with Crippen LogP contribution in [-0.2, 0) is 4.79 Å². The molecule has 0 aliphatic carbocycles. The third kappa shape index (κ3) is 4.07. The number of nitrogens with zero attached hydrogens (tertiary/aromatic N) is 1. The number of amides is 2. The molecule has 2 unspecified atom stereocenters. The van der Waals surface area contributed by atoms with E-state index in [1.165, 1.54) is 10.5 Å². The Balaban J connectivity index is 1.30. The maximum atomic E-state index is 13.3. The number of benzene rings is 3. The predicted octanol–water partition coefficient (Wildman–Crippen LogP) is 5.05. The van der Waals surface area contributed by atoms with E-state index >= 15 is 0 Å². The minimum absolute atomic E-state index is 0.0220. The topological polar surface area (TPSA) is 49.4 Å². The van der Waals surface area contributed by atoms with E-state index < -0.39 is 0 Å². The van der Waals surface area contributed by atoms with Crippen molar-refractivity contribution in [2.24, 2.45) is 5.92 Å². The number of rotatable bonds is 3. The van der Waals surface area contributed by atoms with Gasteiger partial charge in [-0.1, -0.05) is 54.6 Å². The van der Waals surface area contributed by atoms with Crippen LogP contribution in [0, 0.1) is 5.92 Å². The van der Waals surface area contributed by atoms with E-state index in [1.54, 1.807) is 0 Å². The van der Waals surface area contributed by atoms with Gasteiger partial charge in [0.1, 0.15) is 0 Å². The first-order valence-corrected chi connectivity index (χ1v) is 12.0. The van der Waals surface area contributed by atoms with Gasteiger partial charge in [-0.25, -0.2) is 0 Å². The monoisotopic (exact) mass is 430 g/mol. The van der Waals surface area contributed by atoms with Crippen LogP contribution in [0.2, 0.25) is 0 Å². The molecule has 0 spiro atoms. The fourth-order valence-electron chi connectivity index (χ4n) is 4.74. The number of likely N-dealkylation sites (tertiary alicyclic amines) is 1. The van der Waals surface area contributed by atoms with Crippen molar-refractivity contribution < 1.29 is 9.59 Å². The first-order valence-electron chi connectivity index (χ1n) is 11.0. The zero-order valence-electron chi connectivity index (χ0n) is 17.4. The number of hydrogen-bond donors (Lipinski definition) is 1. The molecule has 1 saturated heterocycles. The zero-order valence-corrected chi connectivity index (χ0v) is 18.2. The largest absolute Gasteiger partial charge is 0.349 e. The van der Waals surface area contributed by atoms with Crippen LogP contribution < -0.4 is 5.32 Å². The third-order valence-electron chi connectivity index (χ3n) is 6.37. The van der Waals surface area contributed by atoms with Gasteiger partial charge in [0.05, 0.1) is 12.0 Å². The summed E-state index contributed by atoms with van der Waals surface area (Å²) in [5.41, 5.74) is 1.93. The second kappa shape index (κ2) is 8.75. The Hall–Kier alpha value is -2.79. The van der Waals surface area contributed by atoms with Gasteiger partial charge in [-0.2, -0.15) is 0 Å². The number of hydrogen-bond acceptors (Lipinski definition) is 3. The highest BCUT2D eigenvalue weighted by molar-refractivity contribution is 7.99. The summed E-state index contributed by atoms with van der Waals surface area (Å²) in [7, 11) is 0. The number of carbonyl (C=O) groups is 2. The highest BCUT2D eigenvalue weighted by Crippen LogP contribution is 2.36. The SMILES string of the molecule is O=C(NC1CCSc2ccccc21)C1CCCN(C(=O)c2cccc3ccccc23)C1. The Kier molecular flexibility index (Phi) is 5.68. The molecule has 3 aromatic rings. The Labute approximate surface area is 187 Å². The second-order valence-corrected chi connectivity index (χ2v) is 9.49. The Morgan fingerprint density at radius 1 is 0.935 bits per heavy atom. The van der Waals surface area contributed by atoms with Crippen molar-refractivity contribution >= 4 is 34.3 Å². The van der Waals surface area contributed by atoms with Gasteiger partial charge in [0, 0.05) is 29.3 Å². The number of fused-ring (bicyclic) bond motifs is 2. The molecule has 3 aromatic carbocycles. The van der Waals surface area contributed by atoms with E-state index in [0.29, 0.717) is 13.1 Å². The molecule has 158 valence electrons. The molecule has 5 rings (SSSR count). The van der Waals surface area contributed by atoms with Crippen LogP contribution in [0.3, 0.4) is 0 Å². The summed E-state index contributed by atoms with van der Waals surface area (Å²) < 4.78 is 0. The standard InChI is InChI=1S/C26H26N2O2S/c29-25(27-23-14-16-31-24-13-4-3-11-22(23)24)19-9-6-15-28(17-19)26(30)21-12-5-8-18-7-1-2-10-20(18)21/h1-5,7-8,10-13,19,23H,6,9,14-17H2,(H,27,29). The highest BCUT2D eigenvalue weighted by Gasteiger charge is 2.31. The molecule has 2 atom stereocenters. The van der Waals surface area contributed by atoms with Crippen LogP contribution in [0.4, 0.5) is 0 Å². The van der Waals surface area contributed by atoms with E-state index in [1.807, 2.05) is 71.3 Å². The molecule has 31 heavy (non-hydrogen) atoms. The smallest absolute Gasteiger partial charge is 0.254 e. The lowest BCUT2D eigenvalue weighted by Gasteiger charge is -2.34. The maximum Gasteiger partial charge on any atom is 0.254 e. The van der Waals surface area contributed by atoms with Crippen molar-refractivity contribution in [1.82, 2.24) is 10.2 Å².